The lowest BCUT2D eigenvalue weighted by molar-refractivity contribution is 0.548. The van der Waals surface area contributed by atoms with Crippen LogP contribution in [0.1, 0.15) is 25.8 Å². The average molecular weight is 268 g/mol. The van der Waals surface area contributed by atoms with Crippen molar-refractivity contribution in [1.29, 1.82) is 0 Å². The van der Waals surface area contributed by atoms with Gasteiger partial charge in [0.25, 0.3) is 0 Å². The molecule has 0 amide bonds. The quantitative estimate of drug-likeness (QED) is 0.872. The normalized spacial score (nSPS) is 25.3. The third kappa shape index (κ3) is 2.01. The summed E-state index contributed by atoms with van der Waals surface area (Å²) in [5, 5.41) is 2.91. The van der Waals surface area contributed by atoms with Crippen molar-refractivity contribution >= 4 is 15.5 Å². The van der Waals surface area contributed by atoms with E-state index in [0.717, 1.165) is 17.7 Å². The van der Waals surface area contributed by atoms with E-state index in [4.69, 9.17) is 5.73 Å². The van der Waals surface area contributed by atoms with Gasteiger partial charge in [-0.3, -0.25) is 0 Å². The Morgan fingerprint density at radius 2 is 2.11 bits per heavy atom. The highest BCUT2D eigenvalue weighted by atomic mass is 32.2. The van der Waals surface area contributed by atoms with Gasteiger partial charge in [0.2, 0.25) is 0 Å². The number of fused-ring (bicyclic) bond motifs is 1. The van der Waals surface area contributed by atoms with Crippen molar-refractivity contribution in [2.45, 2.75) is 42.9 Å². The van der Waals surface area contributed by atoms with Crippen molar-refractivity contribution in [2.24, 2.45) is 5.73 Å². The third-order valence-corrected chi connectivity index (χ3v) is 5.97. The minimum absolute atomic E-state index is 0.0984. The largest absolute Gasteiger partial charge is 0.380 e. The van der Waals surface area contributed by atoms with Crippen molar-refractivity contribution in [3.63, 3.8) is 0 Å². The predicted molar refractivity (Wildman–Crippen MR) is 73.5 cm³/mol. The van der Waals surface area contributed by atoms with Crippen molar-refractivity contribution < 1.29 is 8.42 Å². The number of rotatable bonds is 3. The summed E-state index contributed by atoms with van der Waals surface area (Å²) in [6, 6.07) is 5.37. The number of aryl methyl sites for hydroxylation is 1. The summed E-state index contributed by atoms with van der Waals surface area (Å²) in [6.45, 7) is 4.33. The van der Waals surface area contributed by atoms with Crippen LogP contribution in [0.15, 0.2) is 23.1 Å². The predicted octanol–water partition coefficient (Wildman–Crippen LogP) is 1.55. The molecule has 1 heterocycles. The van der Waals surface area contributed by atoms with Crippen molar-refractivity contribution in [3.05, 3.63) is 23.8 Å². The SMILES string of the molecule is CCc1cccc2c1NC(C)C(CCN)S2(=O)=O. The number of anilines is 1. The molecule has 0 bridgehead atoms. The number of para-hydroxylation sites is 1. The van der Waals surface area contributed by atoms with E-state index in [9.17, 15) is 8.42 Å². The molecule has 1 aliphatic rings. The number of sulfone groups is 1. The van der Waals surface area contributed by atoms with Gasteiger partial charge in [-0.15, -0.1) is 0 Å². The summed E-state index contributed by atoms with van der Waals surface area (Å²) in [5.74, 6) is 0. The van der Waals surface area contributed by atoms with E-state index < -0.39 is 15.1 Å². The van der Waals surface area contributed by atoms with Gasteiger partial charge in [0.1, 0.15) is 0 Å². The topological polar surface area (TPSA) is 72.2 Å². The van der Waals surface area contributed by atoms with Crippen LogP contribution in [0, 0.1) is 0 Å². The zero-order valence-electron chi connectivity index (χ0n) is 10.8. The Morgan fingerprint density at radius 3 is 2.72 bits per heavy atom. The molecule has 18 heavy (non-hydrogen) atoms. The molecule has 2 unspecified atom stereocenters. The van der Waals surface area contributed by atoms with Crippen LogP contribution in [0.25, 0.3) is 0 Å². The van der Waals surface area contributed by atoms with Gasteiger partial charge in [-0.05, 0) is 37.9 Å². The zero-order chi connectivity index (χ0) is 13.3. The van der Waals surface area contributed by atoms with Crippen LogP contribution in [-0.4, -0.2) is 26.3 Å². The zero-order valence-corrected chi connectivity index (χ0v) is 11.6. The highest BCUT2D eigenvalue weighted by Gasteiger charge is 2.38. The maximum atomic E-state index is 12.6. The van der Waals surface area contributed by atoms with E-state index >= 15 is 0 Å². The number of nitrogens with two attached hydrogens (primary N) is 1. The highest BCUT2D eigenvalue weighted by Crippen LogP contribution is 2.36. The summed E-state index contributed by atoms with van der Waals surface area (Å²) < 4.78 is 25.2. The van der Waals surface area contributed by atoms with E-state index in [1.807, 2.05) is 26.0 Å². The lowest BCUT2D eigenvalue weighted by Crippen LogP contribution is -2.43. The number of hydrogen-bond donors (Lipinski definition) is 2. The van der Waals surface area contributed by atoms with E-state index in [1.54, 1.807) is 6.07 Å². The Morgan fingerprint density at radius 1 is 1.39 bits per heavy atom. The molecule has 100 valence electrons. The molecule has 2 atom stereocenters. The molecule has 0 saturated carbocycles. The summed E-state index contributed by atoms with van der Waals surface area (Å²) in [4.78, 5) is 0.429. The van der Waals surface area contributed by atoms with Crippen LogP contribution >= 0.6 is 0 Å². The first-order valence-corrected chi connectivity index (χ1v) is 7.89. The van der Waals surface area contributed by atoms with E-state index in [1.165, 1.54) is 0 Å². The van der Waals surface area contributed by atoms with Crippen LogP contribution in [0.3, 0.4) is 0 Å². The monoisotopic (exact) mass is 268 g/mol. The Balaban J connectivity index is 2.58. The first-order valence-electron chi connectivity index (χ1n) is 6.34. The fraction of sp³-hybridized carbons (Fsp3) is 0.538. The Labute approximate surface area is 108 Å². The third-order valence-electron chi connectivity index (χ3n) is 3.58. The lowest BCUT2D eigenvalue weighted by atomic mass is 10.1. The average Bonchev–Trinajstić information content (AvgIpc) is 2.34. The summed E-state index contributed by atoms with van der Waals surface area (Å²) in [6.07, 6.45) is 1.31. The van der Waals surface area contributed by atoms with Crippen LogP contribution in [-0.2, 0) is 16.3 Å². The van der Waals surface area contributed by atoms with Crippen molar-refractivity contribution in [1.82, 2.24) is 0 Å². The van der Waals surface area contributed by atoms with E-state index in [2.05, 4.69) is 5.32 Å². The summed E-state index contributed by atoms with van der Waals surface area (Å²) in [7, 11) is -3.27. The number of hydrogen-bond acceptors (Lipinski definition) is 4. The van der Waals surface area contributed by atoms with Gasteiger partial charge in [-0.1, -0.05) is 19.1 Å². The Hall–Kier alpha value is -1.07. The maximum Gasteiger partial charge on any atom is 0.185 e. The number of nitrogens with one attached hydrogen (secondary N) is 1. The second-order valence-corrected chi connectivity index (χ2v) is 6.87. The maximum absolute atomic E-state index is 12.6. The number of benzene rings is 1. The van der Waals surface area contributed by atoms with E-state index in [0.29, 0.717) is 17.9 Å². The molecule has 1 aromatic carbocycles. The van der Waals surface area contributed by atoms with Crippen molar-refractivity contribution in [3.8, 4) is 0 Å². The molecule has 0 fully saturated rings. The second kappa shape index (κ2) is 4.90. The summed E-state index contributed by atoms with van der Waals surface area (Å²) in [5.41, 5.74) is 7.36. The molecular formula is C13H20N2O2S. The Kier molecular flexibility index (Phi) is 3.64. The minimum atomic E-state index is -3.27. The van der Waals surface area contributed by atoms with Crippen LogP contribution in [0.4, 0.5) is 5.69 Å². The van der Waals surface area contributed by atoms with Gasteiger partial charge < -0.3 is 11.1 Å². The molecular weight excluding hydrogens is 248 g/mol. The standard InChI is InChI=1S/C13H20N2O2S/c1-3-10-5-4-6-12-13(10)15-9(2)11(7-8-14)18(12,16)17/h4-6,9,11,15H,3,7-8,14H2,1-2H3. The van der Waals surface area contributed by atoms with Gasteiger partial charge in [0.15, 0.2) is 9.84 Å². The molecule has 5 heteroatoms. The smallest absolute Gasteiger partial charge is 0.185 e. The highest BCUT2D eigenvalue weighted by molar-refractivity contribution is 7.92. The first-order chi connectivity index (χ1) is 8.52. The van der Waals surface area contributed by atoms with Crippen molar-refractivity contribution in [2.75, 3.05) is 11.9 Å². The van der Waals surface area contributed by atoms with Crippen LogP contribution in [0.5, 0.6) is 0 Å². The van der Waals surface area contributed by atoms with Crippen LogP contribution < -0.4 is 11.1 Å². The molecule has 4 nitrogen and oxygen atoms in total. The van der Waals surface area contributed by atoms with Gasteiger partial charge >= 0.3 is 0 Å². The van der Waals surface area contributed by atoms with Gasteiger partial charge in [0, 0.05) is 6.04 Å². The summed E-state index contributed by atoms with van der Waals surface area (Å²) >= 11 is 0. The van der Waals surface area contributed by atoms with Crippen LogP contribution in [0.2, 0.25) is 0 Å². The molecule has 3 N–H and O–H groups in total. The molecule has 1 aliphatic heterocycles. The Bertz CT molecular complexity index is 540. The fourth-order valence-electron chi connectivity index (χ4n) is 2.59. The molecule has 0 radical (unpaired) electrons. The molecule has 2 rings (SSSR count). The molecule has 0 aliphatic carbocycles. The first kappa shape index (κ1) is 13.4. The fourth-order valence-corrected chi connectivity index (χ4v) is 4.71. The molecule has 0 saturated heterocycles. The second-order valence-electron chi connectivity index (χ2n) is 4.74. The van der Waals surface area contributed by atoms with Gasteiger partial charge in [-0.2, -0.15) is 0 Å². The molecule has 1 aromatic rings. The van der Waals surface area contributed by atoms with Gasteiger partial charge in [-0.25, -0.2) is 8.42 Å². The minimum Gasteiger partial charge on any atom is -0.380 e. The van der Waals surface area contributed by atoms with E-state index in [-0.39, 0.29) is 6.04 Å². The molecule has 0 aromatic heterocycles. The molecule has 0 spiro atoms. The van der Waals surface area contributed by atoms with Gasteiger partial charge in [0.05, 0.1) is 15.8 Å². The lowest BCUT2D eigenvalue weighted by Gasteiger charge is -2.33.